The summed E-state index contributed by atoms with van der Waals surface area (Å²) in [4.78, 5) is 23.7. The Balaban J connectivity index is 1.78. The zero-order chi connectivity index (χ0) is 23.1. The Morgan fingerprint density at radius 2 is 2.03 bits per heavy atom. The number of guanidine groups is 1. The third kappa shape index (κ3) is 5.78. The summed E-state index contributed by atoms with van der Waals surface area (Å²) in [5.74, 6) is 2.22. The monoisotopic (exact) mass is 456 g/mol. The average molecular weight is 457 g/mol. The van der Waals surface area contributed by atoms with Crippen molar-refractivity contribution in [1.82, 2.24) is 25.5 Å². The standard InChI is InChI=1S/C20H24N8O3S/c1-5-21-19(22-6-2)25-17-16(11-23-13(4)24-17)12(3)32-20-27-26-18(31-20)14-7-9-15(10-8-14)28(29)30/h7-12H,5-6H2,1-4H3,(H2,21,22,23,24,25). The summed E-state index contributed by atoms with van der Waals surface area (Å²) in [5, 5.41) is 25.7. The van der Waals surface area contributed by atoms with Gasteiger partial charge in [0.1, 0.15) is 11.6 Å². The molecule has 1 unspecified atom stereocenters. The highest BCUT2D eigenvalue weighted by atomic mass is 32.2. The smallest absolute Gasteiger partial charge is 0.277 e. The Bertz CT molecular complexity index is 1100. The maximum absolute atomic E-state index is 10.8. The maximum Gasteiger partial charge on any atom is 0.277 e. The van der Waals surface area contributed by atoms with Crippen molar-refractivity contribution in [2.45, 2.75) is 38.2 Å². The minimum Gasteiger partial charge on any atom is -0.411 e. The van der Waals surface area contributed by atoms with Gasteiger partial charge in [-0.3, -0.25) is 15.1 Å². The summed E-state index contributed by atoms with van der Waals surface area (Å²) in [6.45, 7) is 9.13. The third-order valence-corrected chi connectivity index (χ3v) is 5.26. The van der Waals surface area contributed by atoms with Crippen LogP contribution in [0.4, 0.5) is 11.5 Å². The van der Waals surface area contributed by atoms with Gasteiger partial charge in [-0.15, -0.1) is 10.2 Å². The van der Waals surface area contributed by atoms with E-state index in [-0.39, 0.29) is 16.8 Å². The molecule has 32 heavy (non-hydrogen) atoms. The number of aryl methyl sites for hydroxylation is 1. The Morgan fingerprint density at radius 1 is 1.28 bits per heavy atom. The van der Waals surface area contributed by atoms with Crippen LogP contribution in [-0.2, 0) is 0 Å². The van der Waals surface area contributed by atoms with Gasteiger partial charge in [0.2, 0.25) is 5.89 Å². The number of anilines is 1. The molecule has 3 rings (SSSR count). The van der Waals surface area contributed by atoms with E-state index in [9.17, 15) is 10.1 Å². The molecule has 0 aliphatic carbocycles. The van der Waals surface area contributed by atoms with Crippen molar-refractivity contribution >= 4 is 29.2 Å². The number of hydrogen-bond donors (Lipinski definition) is 2. The number of aliphatic imine (C=N–C) groups is 1. The fourth-order valence-electron chi connectivity index (χ4n) is 2.77. The van der Waals surface area contributed by atoms with Gasteiger partial charge in [0.05, 0.1) is 4.92 Å². The van der Waals surface area contributed by atoms with Gasteiger partial charge in [-0.25, -0.2) is 9.97 Å². The van der Waals surface area contributed by atoms with Crippen LogP contribution in [-0.4, -0.2) is 44.1 Å². The van der Waals surface area contributed by atoms with Crippen LogP contribution in [0.1, 0.15) is 37.4 Å². The second-order valence-corrected chi connectivity index (χ2v) is 7.93. The van der Waals surface area contributed by atoms with E-state index in [1.54, 1.807) is 18.3 Å². The van der Waals surface area contributed by atoms with Crippen molar-refractivity contribution in [1.29, 1.82) is 0 Å². The van der Waals surface area contributed by atoms with Gasteiger partial charge in [0, 0.05) is 47.8 Å². The Labute approximate surface area is 189 Å². The molecular weight excluding hydrogens is 432 g/mol. The van der Waals surface area contributed by atoms with Crippen LogP contribution in [0, 0.1) is 17.0 Å². The molecule has 0 spiro atoms. The van der Waals surface area contributed by atoms with E-state index in [0.717, 1.165) is 12.1 Å². The fraction of sp³-hybridized carbons (Fsp3) is 0.350. The highest BCUT2D eigenvalue weighted by molar-refractivity contribution is 7.99. The molecule has 0 fully saturated rings. The minimum atomic E-state index is -0.456. The molecule has 2 N–H and O–H groups in total. The Hall–Kier alpha value is -3.54. The number of rotatable bonds is 8. The van der Waals surface area contributed by atoms with Crippen molar-refractivity contribution in [3.05, 3.63) is 52.0 Å². The number of thioether (sulfide) groups is 1. The zero-order valence-electron chi connectivity index (χ0n) is 18.2. The largest absolute Gasteiger partial charge is 0.411 e. The summed E-state index contributed by atoms with van der Waals surface area (Å²) >= 11 is 1.37. The lowest BCUT2D eigenvalue weighted by atomic mass is 10.2. The molecule has 0 aliphatic heterocycles. The molecule has 12 heteroatoms. The number of nitro groups is 1. The summed E-state index contributed by atoms with van der Waals surface area (Å²) in [6, 6.07) is 5.95. The number of nitrogens with one attached hydrogen (secondary N) is 2. The lowest BCUT2D eigenvalue weighted by Crippen LogP contribution is -2.31. The highest BCUT2D eigenvalue weighted by Crippen LogP contribution is 2.37. The lowest BCUT2D eigenvalue weighted by molar-refractivity contribution is -0.384. The van der Waals surface area contributed by atoms with Crippen LogP contribution in [0.3, 0.4) is 0 Å². The molecular formula is C20H24N8O3S. The van der Waals surface area contributed by atoms with E-state index >= 15 is 0 Å². The van der Waals surface area contributed by atoms with Crippen LogP contribution in [0.2, 0.25) is 0 Å². The number of aromatic nitrogens is 4. The van der Waals surface area contributed by atoms with Crippen molar-refractivity contribution in [3.63, 3.8) is 0 Å². The summed E-state index contributed by atoms with van der Waals surface area (Å²) in [6.07, 6.45) is 1.77. The van der Waals surface area contributed by atoms with Gasteiger partial charge in [-0.1, -0.05) is 11.8 Å². The van der Waals surface area contributed by atoms with Gasteiger partial charge in [-0.05, 0) is 39.8 Å². The van der Waals surface area contributed by atoms with Gasteiger partial charge < -0.3 is 15.1 Å². The molecule has 3 aromatic rings. The Kier molecular flexibility index (Phi) is 7.71. The minimum absolute atomic E-state index is 0.000527. The molecule has 0 saturated heterocycles. The second-order valence-electron chi connectivity index (χ2n) is 6.64. The quantitative estimate of drug-likeness (QED) is 0.168. The number of non-ortho nitro benzene ring substituents is 1. The third-order valence-electron chi connectivity index (χ3n) is 4.28. The van der Waals surface area contributed by atoms with E-state index in [1.165, 1.54) is 23.9 Å². The molecule has 11 nitrogen and oxygen atoms in total. The topological polar surface area (TPSA) is 144 Å². The molecule has 0 radical (unpaired) electrons. The normalized spacial score (nSPS) is 12.4. The van der Waals surface area contributed by atoms with Crippen molar-refractivity contribution < 1.29 is 9.34 Å². The van der Waals surface area contributed by atoms with Crippen LogP contribution in [0.5, 0.6) is 0 Å². The fourth-order valence-corrected chi connectivity index (χ4v) is 3.59. The molecule has 0 amide bonds. The van der Waals surface area contributed by atoms with Crippen molar-refractivity contribution in [3.8, 4) is 11.5 Å². The first kappa shape index (κ1) is 23.1. The predicted octanol–water partition coefficient (Wildman–Crippen LogP) is 3.99. The summed E-state index contributed by atoms with van der Waals surface area (Å²) < 4.78 is 5.76. The molecule has 1 atom stereocenters. The first-order valence-electron chi connectivity index (χ1n) is 10.0. The van der Waals surface area contributed by atoms with Gasteiger partial charge in [0.15, 0.2) is 5.96 Å². The SMILES string of the molecule is CCN=C(NCC)Nc1nc(C)ncc1C(C)Sc1nnc(-c2ccc([N+](=O)[O-])cc2)o1. The molecule has 2 heterocycles. The first-order valence-corrected chi connectivity index (χ1v) is 10.9. The summed E-state index contributed by atoms with van der Waals surface area (Å²) in [5.41, 5.74) is 1.46. The van der Waals surface area contributed by atoms with Crippen LogP contribution >= 0.6 is 11.8 Å². The molecule has 0 saturated carbocycles. The Morgan fingerprint density at radius 3 is 2.69 bits per heavy atom. The zero-order valence-corrected chi connectivity index (χ0v) is 19.0. The lowest BCUT2D eigenvalue weighted by Gasteiger charge is -2.16. The number of nitro benzene ring substituents is 1. The van der Waals surface area contributed by atoms with Gasteiger partial charge >= 0.3 is 0 Å². The van der Waals surface area contributed by atoms with Gasteiger partial charge in [0.25, 0.3) is 10.9 Å². The number of benzene rings is 1. The number of hydrogen-bond acceptors (Lipinski definition) is 9. The predicted molar refractivity (Wildman–Crippen MR) is 123 cm³/mol. The van der Waals surface area contributed by atoms with Gasteiger partial charge in [-0.2, -0.15) is 0 Å². The number of nitrogens with zero attached hydrogens (tertiary/aromatic N) is 6. The summed E-state index contributed by atoms with van der Waals surface area (Å²) in [7, 11) is 0. The molecule has 168 valence electrons. The molecule has 0 bridgehead atoms. The van der Waals surface area contributed by atoms with E-state index in [1.807, 2.05) is 27.7 Å². The van der Waals surface area contributed by atoms with E-state index in [4.69, 9.17) is 4.42 Å². The molecule has 0 aliphatic rings. The molecule has 1 aromatic carbocycles. The molecule has 2 aromatic heterocycles. The van der Waals surface area contributed by atoms with Crippen LogP contribution in [0.15, 0.2) is 45.1 Å². The van der Waals surface area contributed by atoms with E-state index in [0.29, 0.717) is 34.9 Å². The van der Waals surface area contributed by atoms with E-state index in [2.05, 4.69) is 35.8 Å². The van der Waals surface area contributed by atoms with Crippen molar-refractivity contribution in [2.24, 2.45) is 4.99 Å². The highest BCUT2D eigenvalue weighted by Gasteiger charge is 2.19. The van der Waals surface area contributed by atoms with Crippen molar-refractivity contribution in [2.75, 3.05) is 18.4 Å². The van der Waals surface area contributed by atoms with Crippen LogP contribution < -0.4 is 10.6 Å². The maximum atomic E-state index is 10.8. The second kappa shape index (κ2) is 10.7. The van der Waals surface area contributed by atoms with Crippen LogP contribution in [0.25, 0.3) is 11.5 Å². The van der Waals surface area contributed by atoms with E-state index < -0.39 is 4.92 Å². The average Bonchev–Trinajstić information content (AvgIpc) is 3.22. The first-order chi connectivity index (χ1) is 15.4.